The van der Waals surface area contributed by atoms with Crippen LogP contribution >= 0.6 is 11.6 Å². The third kappa shape index (κ3) is 4.07. The standard InChI is InChI=1S/C24H19ClN6O/c25-20-4-1-3-16(10-20)23-29-7-6-21(30-23)22-5-2-8-31(22)24(32)18-9-17(11-26-12-18)19-13-27-15-28-14-19/h1,3-4,6-7,9-15,22H,2,5,8H2/t22-/m1/s1. The van der Waals surface area contributed by atoms with E-state index in [2.05, 4.69) is 19.9 Å². The Morgan fingerprint density at radius 1 is 0.969 bits per heavy atom. The van der Waals surface area contributed by atoms with E-state index in [1.807, 2.05) is 41.3 Å². The molecule has 0 saturated carbocycles. The van der Waals surface area contributed by atoms with Gasteiger partial charge in [-0.25, -0.2) is 19.9 Å². The van der Waals surface area contributed by atoms with Crippen LogP contribution < -0.4 is 0 Å². The Hall–Kier alpha value is -3.71. The Morgan fingerprint density at radius 2 is 1.81 bits per heavy atom. The van der Waals surface area contributed by atoms with Gasteiger partial charge in [0.25, 0.3) is 5.91 Å². The SMILES string of the molecule is O=C(c1cncc(-c2cncnc2)c1)N1CCC[C@@H]1c1ccnc(-c2cccc(Cl)c2)n1. The molecule has 0 bridgehead atoms. The molecule has 1 amide bonds. The second kappa shape index (κ2) is 8.80. The number of aromatic nitrogens is 5. The van der Waals surface area contributed by atoms with Gasteiger partial charge in [0.2, 0.25) is 0 Å². The normalized spacial score (nSPS) is 15.7. The first-order valence-electron chi connectivity index (χ1n) is 10.3. The first-order valence-corrected chi connectivity index (χ1v) is 10.7. The van der Waals surface area contributed by atoms with Crippen molar-refractivity contribution in [2.75, 3.05) is 6.54 Å². The van der Waals surface area contributed by atoms with Gasteiger partial charge in [-0.05, 0) is 37.1 Å². The van der Waals surface area contributed by atoms with E-state index in [9.17, 15) is 4.79 Å². The average molecular weight is 443 g/mol. The van der Waals surface area contributed by atoms with Crippen LogP contribution in [0.25, 0.3) is 22.5 Å². The smallest absolute Gasteiger partial charge is 0.256 e. The molecule has 4 aromatic rings. The highest BCUT2D eigenvalue weighted by molar-refractivity contribution is 6.30. The predicted octanol–water partition coefficient (Wildman–Crippen LogP) is 4.63. The molecule has 158 valence electrons. The molecule has 1 aromatic carbocycles. The highest BCUT2D eigenvalue weighted by atomic mass is 35.5. The first kappa shape index (κ1) is 20.2. The topological polar surface area (TPSA) is 84.8 Å². The minimum Gasteiger partial charge on any atom is -0.330 e. The van der Waals surface area contributed by atoms with Gasteiger partial charge in [-0.3, -0.25) is 9.78 Å². The van der Waals surface area contributed by atoms with Crippen LogP contribution in [0.5, 0.6) is 0 Å². The number of halogens is 1. The number of pyridine rings is 1. The van der Waals surface area contributed by atoms with Crippen molar-refractivity contribution in [1.29, 1.82) is 0 Å². The molecule has 0 N–H and O–H groups in total. The molecule has 0 radical (unpaired) electrons. The van der Waals surface area contributed by atoms with Crippen molar-refractivity contribution >= 4 is 17.5 Å². The molecule has 0 aliphatic carbocycles. The van der Waals surface area contributed by atoms with E-state index in [0.29, 0.717) is 23.0 Å². The van der Waals surface area contributed by atoms with Crippen LogP contribution in [0.4, 0.5) is 0 Å². The summed E-state index contributed by atoms with van der Waals surface area (Å²) in [5, 5.41) is 0.630. The summed E-state index contributed by atoms with van der Waals surface area (Å²) in [6.07, 6.45) is 11.7. The lowest BCUT2D eigenvalue weighted by molar-refractivity contribution is 0.0732. The fourth-order valence-corrected chi connectivity index (χ4v) is 4.16. The van der Waals surface area contributed by atoms with E-state index in [0.717, 1.165) is 35.2 Å². The van der Waals surface area contributed by atoms with Crippen molar-refractivity contribution in [1.82, 2.24) is 29.8 Å². The van der Waals surface area contributed by atoms with Crippen LogP contribution in [-0.4, -0.2) is 42.3 Å². The number of benzene rings is 1. The van der Waals surface area contributed by atoms with E-state index in [4.69, 9.17) is 16.6 Å². The summed E-state index contributed by atoms with van der Waals surface area (Å²) in [4.78, 5) is 36.8. The maximum Gasteiger partial charge on any atom is 0.256 e. The Kier molecular flexibility index (Phi) is 5.56. The molecule has 1 saturated heterocycles. The van der Waals surface area contributed by atoms with Crippen molar-refractivity contribution in [2.45, 2.75) is 18.9 Å². The number of nitrogens with zero attached hydrogens (tertiary/aromatic N) is 6. The predicted molar refractivity (Wildman–Crippen MR) is 121 cm³/mol. The summed E-state index contributed by atoms with van der Waals surface area (Å²) >= 11 is 6.13. The van der Waals surface area contributed by atoms with Gasteiger partial charge >= 0.3 is 0 Å². The molecular formula is C24H19ClN6O. The van der Waals surface area contributed by atoms with Crippen LogP contribution in [-0.2, 0) is 0 Å². The largest absolute Gasteiger partial charge is 0.330 e. The molecule has 1 fully saturated rings. The molecule has 1 aliphatic rings. The summed E-state index contributed by atoms with van der Waals surface area (Å²) in [5.74, 6) is 0.527. The summed E-state index contributed by atoms with van der Waals surface area (Å²) in [7, 11) is 0. The molecule has 8 heteroatoms. The Balaban J connectivity index is 1.43. The summed E-state index contributed by atoms with van der Waals surface area (Å²) in [6.45, 7) is 0.665. The summed E-state index contributed by atoms with van der Waals surface area (Å²) in [5.41, 5.74) is 3.81. The number of rotatable bonds is 4. The van der Waals surface area contributed by atoms with E-state index >= 15 is 0 Å². The highest BCUT2D eigenvalue weighted by Crippen LogP contribution is 2.33. The number of hydrogen-bond acceptors (Lipinski definition) is 6. The Bertz CT molecular complexity index is 1270. The number of carbonyl (C=O) groups is 1. The first-order chi connectivity index (χ1) is 15.7. The number of hydrogen-bond donors (Lipinski definition) is 0. The molecule has 4 heterocycles. The highest BCUT2D eigenvalue weighted by Gasteiger charge is 2.32. The molecule has 32 heavy (non-hydrogen) atoms. The van der Waals surface area contributed by atoms with Gasteiger partial charge < -0.3 is 4.90 Å². The Morgan fingerprint density at radius 3 is 2.66 bits per heavy atom. The second-order valence-corrected chi connectivity index (χ2v) is 8.00. The molecular weight excluding hydrogens is 424 g/mol. The van der Waals surface area contributed by atoms with Gasteiger partial charge in [0, 0.05) is 59.2 Å². The molecule has 5 rings (SSSR count). The quantitative estimate of drug-likeness (QED) is 0.458. The van der Waals surface area contributed by atoms with Gasteiger partial charge in [-0.2, -0.15) is 0 Å². The maximum absolute atomic E-state index is 13.4. The molecule has 0 spiro atoms. The van der Waals surface area contributed by atoms with Gasteiger partial charge in [0.05, 0.1) is 17.3 Å². The molecule has 0 unspecified atom stereocenters. The van der Waals surface area contributed by atoms with Crippen molar-refractivity contribution in [2.24, 2.45) is 0 Å². The van der Waals surface area contributed by atoms with E-state index < -0.39 is 0 Å². The Labute approximate surface area is 190 Å². The zero-order valence-electron chi connectivity index (χ0n) is 17.1. The number of amides is 1. The third-order valence-electron chi connectivity index (χ3n) is 5.49. The van der Waals surface area contributed by atoms with Crippen molar-refractivity contribution in [3.8, 4) is 22.5 Å². The van der Waals surface area contributed by atoms with E-state index in [1.54, 1.807) is 31.0 Å². The van der Waals surface area contributed by atoms with Crippen molar-refractivity contribution in [3.05, 3.63) is 90.0 Å². The van der Waals surface area contributed by atoms with Crippen LogP contribution in [0.15, 0.2) is 73.7 Å². The summed E-state index contributed by atoms with van der Waals surface area (Å²) < 4.78 is 0. The van der Waals surface area contributed by atoms with Gasteiger partial charge in [0.1, 0.15) is 6.33 Å². The van der Waals surface area contributed by atoms with Crippen LogP contribution in [0.2, 0.25) is 5.02 Å². The zero-order chi connectivity index (χ0) is 21.9. The molecule has 7 nitrogen and oxygen atoms in total. The lowest BCUT2D eigenvalue weighted by atomic mass is 10.1. The van der Waals surface area contributed by atoms with Crippen LogP contribution in [0.1, 0.15) is 34.9 Å². The van der Waals surface area contributed by atoms with Gasteiger partial charge in [-0.15, -0.1) is 0 Å². The van der Waals surface area contributed by atoms with Crippen molar-refractivity contribution in [3.63, 3.8) is 0 Å². The fraction of sp³-hybridized carbons (Fsp3) is 0.167. The zero-order valence-corrected chi connectivity index (χ0v) is 17.9. The van der Waals surface area contributed by atoms with E-state index in [-0.39, 0.29) is 11.9 Å². The number of likely N-dealkylation sites (tertiary alicyclic amines) is 1. The van der Waals surface area contributed by atoms with Crippen LogP contribution in [0.3, 0.4) is 0 Å². The minimum absolute atomic E-state index is 0.0679. The number of carbonyl (C=O) groups excluding carboxylic acids is 1. The van der Waals surface area contributed by atoms with E-state index in [1.165, 1.54) is 6.33 Å². The summed E-state index contributed by atoms with van der Waals surface area (Å²) in [6, 6.07) is 11.0. The average Bonchev–Trinajstić information content (AvgIpc) is 3.34. The second-order valence-electron chi connectivity index (χ2n) is 7.56. The molecule has 1 atom stereocenters. The fourth-order valence-electron chi connectivity index (χ4n) is 3.97. The lowest BCUT2D eigenvalue weighted by Crippen LogP contribution is -2.31. The van der Waals surface area contributed by atoms with Crippen molar-refractivity contribution < 1.29 is 4.79 Å². The lowest BCUT2D eigenvalue weighted by Gasteiger charge is -2.24. The van der Waals surface area contributed by atoms with Gasteiger partial charge in [0.15, 0.2) is 5.82 Å². The monoisotopic (exact) mass is 442 g/mol. The minimum atomic E-state index is -0.118. The molecule has 3 aromatic heterocycles. The third-order valence-corrected chi connectivity index (χ3v) is 5.73. The van der Waals surface area contributed by atoms with Gasteiger partial charge in [-0.1, -0.05) is 23.7 Å². The van der Waals surface area contributed by atoms with Crippen LogP contribution in [0, 0.1) is 0 Å². The maximum atomic E-state index is 13.4. The molecule has 1 aliphatic heterocycles.